The van der Waals surface area contributed by atoms with Crippen LogP contribution in [0.15, 0.2) is 47.1 Å². The lowest BCUT2D eigenvalue weighted by atomic mass is 9.88. The van der Waals surface area contributed by atoms with Gasteiger partial charge in [0.25, 0.3) is 0 Å². The number of carbonyl (C=O) groups is 1. The fraction of sp³-hybridized carbons (Fsp3) is 0.500. The van der Waals surface area contributed by atoms with Crippen LogP contribution in [0.2, 0.25) is 0 Å². The maximum atomic E-state index is 13.8. The van der Waals surface area contributed by atoms with Crippen molar-refractivity contribution in [1.82, 2.24) is 9.80 Å². The van der Waals surface area contributed by atoms with E-state index in [2.05, 4.69) is 18.7 Å². The summed E-state index contributed by atoms with van der Waals surface area (Å²) in [5, 5.41) is 0. The summed E-state index contributed by atoms with van der Waals surface area (Å²) >= 11 is 0. The molecular formula is C22H29FN2O2. The fourth-order valence-corrected chi connectivity index (χ4v) is 4.07. The number of amides is 1. The van der Waals surface area contributed by atoms with Gasteiger partial charge in [0, 0.05) is 39.0 Å². The van der Waals surface area contributed by atoms with Gasteiger partial charge in [-0.3, -0.25) is 9.69 Å². The molecule has 2 atom stereocenters. The Bertz CT molecular complexity index is 745. The van der Waals surface area contributed by atoms with Gasteiger partial charge >= 0.3 is 0 Å². The average molecular weight is 372 g/mol. The van der Waals surface area contributed by atoms with E-state index in [1.54, 1.807) is 25.3 Å². The van der Waals surface area contributed by atoms with E-state index in [0.717, 1.165) is 37.5 Å². The Kier molecular flexibility index (Phi) is 6.32. The summed E-state index contributed by atoms with van der Waals surface area (Å²) < 4.78 is 19.3. The molecular weight excluding hydrogens is 343 g/mol. The Labute approximate surface area is 161 Å². The Morgan fingerprint density at radius 1 is 1.30 bits per heavy atom. The highest BCUT2D eigenvalue weighted by Gasteiger charge is 2.35. The quantitative estimate of drug-likeness (QED) is 0.733. The molecule has 0 aliphatic carbocycles. The number of rotatable bonds is 7. The summed E-state index contributed by atoms with van der Waals surface area (Å²) in [4.78, 5) is 16.4. The first kappa shape index (κ1) is 19.6. The molecule has 0 N–H and O–H groups in total. The van der Waals surface area contributed by atoms with Crippen LogP contribution in [-0.4, -0.2) is 41.9 Å². The van der Waals surface area contributed by atoms with Crippen molar-refractivity contribution < 1.29 is 13.6 Å². The van der Waals surface area contributed by atoms with E-state index in [9.17, 15) is 9.18 Å². The largest absolute Gasteiger partial charge is 0.468 e. The average Bonchev–Trinajstić information content (AvgIpc) is 3.24. The molecule has 0 saturated carbocycles. The third-order valence-corrected chi connectivity index (χ3v) is 5.24. The molecule has 0 bridgehead atoms. The van der Waals surface area contributed by atoms with Crippen LogP contribution in [-0.2, 0) is 11.3 Å². The van der Waals surface area contributed by atoms with Gasteiger partial charge in [-0.05, 0) is 41.7 Å². The second-order valence-electron chi connectivity index (χ2n) is 8.01. The van der Waals surface area contributed by atoms with E-state index in [0.29, 0.717) is 12.5 Å². The zero-order valence-corrected chi connectivity index (χ0v) is 16.4. The highest BCUT2D eigenvalue weighted by Crippen LogP contribution is 2.34. The minimum absolute atomic E-state index is 0.103. The first-order chi connectivity index (χ1) is 12.9. The van der Waals surface area contributed by atoms with Crippen molar-refractivity contribution in [3.63, 3.8) is 0 Å². The van der Waals surface area contributed by atoms with Crippen molar-refractivity contribution in [2.24, 2.45) is 11.8 Å². The van der Waals surface area contributed by atoms with Gasteiger partial charge in [-0.1, -0.05) is 26.0 Å². The van der Waals surface area contributed by atoms with E-state index in [1.807, 2.05) is 23.1 Å². The number of carbonyl (C=O) groups excluding carboxylic acids is 1. The van der Waals surface area contributed by atoms with Crippen LogP contribution in [0.4, 0.5) is 4.39 Å². The first-order valence-corrected chi connectivity index (χ1v) is 9.68. The maximum Gasteiger partial charge on any atom is 0.219 e. The predicted octanol–water partition coefficient (Wildman–Crippen LogP) is 4.14. The Morgan fingerprint density at radius 3 is 2.74 bits per heavy atom. The van der Waals surface area contributed by atoms with Crippen LogP contribution in [0.25, 0.3) is 0 Å². The standard InChI is InChI=1S/C22H29FN2O2/c1-16(2)11-25(17(3)26)13-19-12-24(14-21-8-5-9-27-21)15-22(19)18-6-4-7-20(23)10-18/h4-10,16,19,22H,11-15H2,1-3H3. The fourth-order valence-electron chi connectivity index (χ4n) is 4.07. The first-order valence-electron chi connectivity index (χ1n) is 9.68. The summed E-state index contributed by atoms with van der Waals surface area (Å²) in [7, 11) is 0. The van der Waals surface area contributed by atoms with Gasteiger partial charge in [0.1, 0.15) is 11.6 Å². The molecule has 1 saturated heterocycles. The molecule has 27 heavy (non-hydrogen) atoms. The molecule has 4 nitrogen and oxygen atoms in total. The minimum atomic E-state index is -0.207. The van der Waals surface area contributed by atoms with Gasteiger partial charge in [-0.2, -0.15) is 0 Å². The summed E-state index contributed by atoms with van der Waals surface area (Å²) in [6.45, 7) is 9.76. The van der Waals surface area contributed by atoms with Gasteiger partial charge in [-0.15, -0.1) is 0 Å². The lowest BCUT2D eigenvalue weighted by Gasteiger charge is -2.29. The minimum Gasteiger partial charge on any atom is -0.468 e. The number of hydrogen-bond acceptors (Lipinski definition) is 3. The van der Waals surface area contributed by atoms with Gasteiger partial charge in [0.2, 0.25) is 5.91 Å². The molecule has 0 radical (unpaired) electrons. The lowest BCUT2D eigenvalue weighted by molar-refractivity contribution is -0.130. The zero-order chi connectivity index (χ0) is 19.4. The smallest absolute Gasteiger partial charge is 0.219 e. The number of nitrogens with zero attached hydrogens (tertiary/aromatic N) is 2. The molecule has 1 amide bonds. The number of furan rings is 1. The summed E-state index contributed by atoms with van der Waals surface area (Å²) in [6.07, 6.45) is 1.69. The topological polar surface area (TPSA) is 36.7 Å². The van der Waals surface area contributed by atoms with E-state index >= 15 is 0 Å². The van der Waals surface area contributed by atoms with Crippen LogP contribution in [0, 0.1) is 17.7 Å². The second-order valence-corrected chi connectivity index (χ2v) is 8.01. The highest BCUT2D eigenvalue weighted by atomic mass is 19.1. The molecule has 1 aromatic carbocycles. The third-order valence-electron chi connectivity index (χ3n) is 5.24. The number of halogens is 1. The Hall–Kier alpha value is -2.14. The van der Waals surface area contributed by atoms with Crippen molar-refractivity contribution in [2.45, 2.75) is 33.2 Å². The second kappa shape index (κ2) is 8.70. The Morgan fingerprint density at radius 2 is 2.11 bits per heavy atom. The molecule has 2 heterocycles. The molecule has 146 valence electrons. The lowest BCUT2D eigenvalue weighted by Crippen LogP contribution is -2.38. The molecule has 2 unspecified atom stereocenters. The third kappa shape index (κ3) is 5.19. The zero-order valence-electron chi connectivity index (χ0n) is 16.4. The van der Waals surface area contributed by atoms with E-state index < -0.39 is 0 Å². The monoisotopic (exact) mass is 372 g/mol. The molecule has 1 fully saturated rings. The van der Waals surface area contributed by atoms with Crippen LogP contribution in [0.1, 0.15) is 38.0 Å². The van der Waals surface area contributed by atoms with Crippen molar-refractivity contribution in [3.8, 4) is 0 Å². The van der Waals surface area contributed by atoms with E-state index in [-0.39, 0.29) is 23.6 Å². The van der Waals surface area contributed by atoms with Gasteiger partial charge < -0.3 is 9.32 Å². The molecule has 1 aliphatic heterocycles. The molecule has 0 spiro atoms. The number of hydrogen-bond donors (Lipinski definition) is 0. The van der Waals surface area contributed by atoms with Crippen molar-refractivity contribution in [2.75, 3.05) is 26.2 Å². The number of benzene rings is 1. The highest BCUT2D eigenvalue weighted by molar-refractivity contribution is 5.73. The van der Waals surface area contributed by atoms with Crippen molar-refractivity contribution >= 4 is 5.91 Å². The molecule has 1 aromatic heterocycles. The van der Waals surface area contributed by atoms with Crippen LogP contribution in [0.5, 0.6) is 0 Å². The van der Waals surface area contributed by atoms with Crippen molar-refractivity contribution in [1.29, 1.82) is 0 Å². The van der Waals surface area contributed by atoms with Crippen molar-refractivity contribution in [3.05, 3.63) is 59.8 Å². The van der Waals surface area contributed by atoms with E-state index in [4.69, 9.17) is 4.42 Å². The van der Waals surface area contributed by atoms with Crippen LogP contribution < -0.4 is 0 Å². The van der Waals surface area contributed by atoms with Crippen LogP contribution in [0.3, 0.4) is 0 Å². The summed E-state index contributed by atoms with van der Waals surface area (Å²) in [5.41, 5.74) is 1.01. The van der Waals surface area contributed by atoms with E-state index in [1.165, 1.54) is 6.07 Å². The van der Waals surface area contributed by atoms with Gasteiger partial charge in [-0.25, -0.2) is 4.39 Å². The molecule has 1 aliphatic rings. The summed E-state index contributed by atoms with van der Waals surface area (Å²) in [6, 6.07) is 10.8. The van der Waals surface area contributed by atoms with Gasteiger partial charge in [0.05, 0.1) is 12.8 Å². The Balaban J connectivity index is 1.79. The maximum absolute atomic E-state index is 13.8. The van der Waals surface area contributed by atoms with Gasteiger partial charge in [0.15, 0.2) is 0 Å². The van der Waals surface area contributed by atoms with Crippen LogP contribution >= 0.6 is 0 Å². The predicted molar refractivity (Wildman–Crippen MR) is 104 cm³/mol. The molecule has 3 rings (SSSR count). The number of likely N-dealkylation sites (tertiary alicyclic amines) is 1. The summed E-state index contributed by atoms with van der Waals surface area (Å²) in [5.74, 6) is 1.71. The molecule has 5 heteroatoms. The normalized spacial score (nSPS) is 20.3. The molecule has 2 aromatic rings. The SMILES string of the molecule is CC(=O)N(CC(C)C)CC1CN(Cc2ccco2)CC1c1cccc(F)c1.